The molecule has 0 unspecified atom stereocenters. The van der Waals surface area contributed by atoms with Crippen LogP contribution in [0.5, 0.6) is 0 Å². The summed E-state index contributed by atoms with van der Waals surface area (Å²) in [6.45, 7) is 3.37. The number of nitro groups is 2. The highest BCUT2D eigenvalue weighted by atomic mass is 16.6. The molecule has 0 aliphatic heterocycles. The molecule has 34 heavy (non-hydrogen) atoms. The lowest BCUT2D eigenvalue weighted by Crippen LogP contribution is -2.14. The van der Waals surface area contributed by atoms with Crippen LogP contribution in [0.2, 0.25) is 0 Å². The zero-order valence-electron chi connectivity index (χ0n) is 18.2. The van der Waals surface area contributed by atoms with Crippen LogP contribution >= 0.6 is 0 Å². The monoisotopic (exact) mass is 465 g/mol. The Morgan fingerprint density at radius 3 is 1.38 bits per heavy atom. The van der Waals surface area contributed by atoms with Gasteiger partial charge in [-0.15, -0.1) is 0 Å². The number of hydrogen-bond donors (Lipinski definition) is 0. The molecule has 0 aliphatic carbocycles. The molecular weight excluding hydrogens is 446 g/mol. The molecule has 3 rings (SSSR count). The molecule has 1 heterocycles. The first-order chi connectivity index (χ1) is 16.3. The van der Waals surface area contributed by atoms with E-state index in [2.05, 4.69) is 4.98 Å². The van der Waals surface area contributed by atoms with E-state index >= 15 is 0 Å². The minimum atomic E-state index is -0.746. The third kappa shape index (κ3) is 5.04. The van der Waals surface area contributed by atoms with Crippen molar-refractivity contribution in [2.75, 3.05) is 13.2 Å². The summed E-state index contributed by atoms with van der Waals surface area (Å²) in [7, 11) is 0. The molecule has 0 atom stereocenters. The van der Waals surface area contributed by atoms with Crippen LogP contribution in [0.25, 0.3) is 22.5 Å². The minimum absolute atomic E-state index is 0.0376. The summed E-state index contributed by atoms with van der Waals surface area (Å²) in [6, 6.07) is 12.0. The maximum Gasteiger partial charge on any atom is 0.340 e. The van der Waals surface area contributed by atoms with Crippen molar-refractivity contribution in [3.05, 3.63) is 86.0 Å². The van der Waals surface area contributed by atoms with Gasteiger partial charge in [-0.25, -0.2) is 14.6 Å². The number of aromatic nitrogens is 1. The zero-order valence-corrected chi connectivity index (χ0v) is 18.2. The van der Waals surface area contributed by atoms with E-state index in [1.54, 1.807) is 13.8 Å². The molecule has 2 aromatic carbocycles. The third-order valence-corrected chi connectivity index (χ3v) is 4.72. The summed E-state index contributed by atoms with van der Waals surface area (Å²) in [5.74, 6) is -1.49. The summed E-state index contributed by atoms with van der Waals surface area (Å²) in [4.78, 5) is 50.9. The average molecular weight is 465 g/mol. The van der Waals surface area contributed by atoms with Gasteiger partial charge in [-0.1, -0.05) is 0 Å². The molecule has 174 valence electrons. The molecule has 0 saturated carbocycles. The van der Waals surface area contributed by atoms with Crippen molar-refractivity contribution in [3.8, 4) is 22.5 Å². The second kappa shape index (κ2) is 10.3. The number of carbonyl (C=O) groups is 2. The van der Waals surface area contributed by atoms with E-state index in [9.17, 15) is 29.8 Å². The van der Waals surface area contributed by atoms with Crippen LogP contribution in [0.3, 0.4) is 0 Å². The second-order valence-corrected chi connectivity index (χ2v) is 6.83. The lowest BCUT2D eigenvalue weighted by molar-refractivity contribution is -0.385. The summed E-state index contributed by atoms with van der Waals surface area (Å²) < 4.78 is 10.2. The fourth-order valence-corrected chi connectivity index (χ4v) is 3.16. The van der Waals surface area contributed by atoms with Crippen molar-refractivity contribution < 1.29 is 28.9 Å². The number of ether oxygens (including phenoxy) is 2. The van der Waals surface area contributed by atoms with Gasteiger partial charge in [-0.3, -0.25) is 20.2 Å². The van der Waals surface area contributed by atoms with Gasteiger partial charge in [0, 0.05) is 35.4 Å². The maximum atomic E-state index is 12.7. The molecule has 1 aromatic heterocycles. The molecule has 0 fully saturated rings. The zero-order chi connectivity index (χ0) is 24.8. The first-order valence-corrected chi connectivity index (χ1v) is 10.2. The van der Waals surface area contributed by atoms with Gasteiger partial charge >= 0.3 is 11.9 Å². The smallest absolute Gasteiger partial charge is 0.340 e. The molecule has 0 bridgehead atoms. The number of nitrogens with zero attached hydrogens (tertiary/aromatic N) is 3. The van der Waals surface area contributed by atoms with Gasteiger partial charge in [0.15, 0.2) is 0 Å². The van der Waals surface area contributed by atoms with E-state index in [0.717, 1.165) is 0 Å². The Labute approximate surface area is 193 Å². The Morgan fingerprint density at radius 2 is 1.09 bits per heavy atom. The van der Waals surface area contributed by atoms with Gasteiger partial charge in [-0.2, -0.15) is 0 Å². The third-order valence-electron chi connectivity index (χ3n) is 4.72. The molecule has 3 aromatic rings. The highest BCUT2D eigenvalue weighted by Gasteiger charge is 2.25. The Balaban J connectivity index is 2.28. The fraction of sp³-hybridized carbons (Fsp3) is 0.174. The van der Waals surface area contributed by atoms with Gasteiger partial charge in [0.25, 0.3) is 11.4 Å². The second-order valence-electron chi connectivity index (χ2n) is 6.83. The van der Waals surface area contributed by atoms with Crippen LogP contribution < -0.4 is 0 Å². The van der Waals surface area contributed by atoms with Crippen LogP contribution in [0.15, 0.2) is 54.6 Å². The quantitative estimate of drug-likeness (QED) is 0.264. The summed E-state index contributed by atoms with van der Waals surface area (Å²) in [6.07, 6.45) is 0. The van der Waals surface area contributed by atoms with Crippen molar-refractivity contribution in [1.29, 1.82) is 0 Å². The van der Waals surface area contributed by atoms with E-state index in [0.29, 0.717) is 11.1 Å². The average Bonchev–Trinajstić information content (AvgIpc) is 2.83. The Morgan fingerprint density at radius 1 is 0.735 bits per heavy atom. The molecular formula is C23H19N3O8. The normalized spacial score (nSPS) is 10.4. The number of non-ortho nitro benzene ring substituents is 2. The van der Waals surface area contributed by atoms with Crippen molar-refractivity contribution in [3.63, 3.8) is 0 Å². The van der Waals surface area contributed by atoms with Crippen LogP contribution in [-0.4, -0.2) is 40.0 Å². The lowest BCUT2D eigenvalue weighted by Gasteiger charge is -2.15. The summed E-state index contributed by atoms with van der Waals surface area (Å²) in [5, 5.41) is 22.0. The van der Waals surface area contributed by atoms with Crippen LogP contribution in [0.1, 0.15) is 34.6 Å². The van der Waals surface area contributed by atoms with E-state index in [4.69, 9.17) is 9.47 Å². The standard InChI is InChI=1S/C23H19N3O8/c1-3-33-22(27)18-13-19(23(28)34-4-2)21(15-7-11-17(12-8-15)26(31)32)24-20(18)14-5-9-16(10-6-14)25(29)30/h5-13H,3-4H2,1-2H3. The SMILES string of the molecule is CCOC(=O)c1cc(C(=O)OCC)c(-c2ccc([N+](=O)[O-])cc2)nc1-c1ccc([N+](=O)[O-])cc1. The highest BCUT2D eigenvalue weighted by molar-refractivity contribution is 6.03. The number of esters is 2. The minimum Gasteiger partial charge on any atom is -0.462 e. The first kappa shape index (κ1) is 24.0. The molecule has 0 spiro atoms. The van der Waals surface area contributed by atoms with E-state index in [1.165, 1.54) is 54.6 Å². The molecule has 11 nitrogen and oxygen atoms in total. The van der Waals surface area contributed by atoms with Crippen molar-refractivity contribution >= 4 is 23.3 Å². The Kier molecular flexibility index (Phi) is 7.26. The van der Waals surface area contributed by atoms with Gasteiger partial charge in [0.2, 0.25) is 0 Å². The number of carbonyl (C=O) groups excluding carboxylic acids is 2. The van der Waals surface area contributed by atoms with Crippen LogP contribution in [-0.2, 0) is 9.47 Å². The van der Waals surface area contributed by atoms with Crippen LogP contribution in [0.4, 0.5) is 11.4 Å². The molecule has 0 aliphatic rings. The first-order valence-electron chi connectivity index (χ1n) is 10.2. The van der Waals surface area contributed by atoms with Gasteiger partial charge in [0.05, 0.1) is 45.6 Å². The number of nitro benzene ring substituents is 2. The van der Waals surface area contributed by atoms with Crippen molar-refractivity contribution in [2.45, 2.75) is 13.8 Å². The van der Waals surface area contributed by atoms with Gasteiger partial charge in [-0.05, 0) is 44.2 Å². The fourth-order valence-electron chi connectivity index (χ4n) is 3.16. The lowest BCUT2D eigenvalue weighted by atomic mass is 9.98. The van der Waals surface area contributed by atoms with Crippen molar-refractivity contribution in [1.82, 2.24) is 4.98 Å². The number of hydrogen-bond acceptors (Lipinski definition) is 9. The molecule has 11 heteroatoms. The number of benzene rings is 2. The van der Waals surface area contributed by atoms with E-state index in [-0.39, 0.29) is 47.1 Å². The predicted molar refractivity (Wildman–Crippen MR) is 120 cm³/mol. The molecule has 0 saturated heterocycles. The largest absolute Gasteiger partial charge is 0.462 e. The number of rotatable bonds is 8. The van der Waals surface area contributed by atoms with E-state index < -0.39 is 21.8 Å². The summed E-state index contributed by atoms with van der Waals surface area (Å²) >= 11 is 0. The Hall–Kier alpha value is -4.67. The number of pyridine rings is 1. The van der Waals surface area contributed by atoms with E-state index in [1.807, 2.05) is 0 Å². The molecule has 0 amide bonds. The van der Waals surface area contributed by atoms with Crippen LogP contribution in [0, 0.1) is 20.2 Å². The highest BCUT2D eigenvalue weighted by Crippen LogP contribution is 2.32. The Bertz CT molecular complexity index is 1160. The maximum absolute atomic E-state index is 12.7. The van der Waals surface area contributed by atoms with Crippen molar-refractivity contribution in [2.24, 2.45) is 0 Å². The molecule has 0 radical (unpaired) electrons. The van der Waals surface area contributed by atoms with Gasteiger partial charge in [0.1, 0.15) is 0 Å². The van der Waals surface area contributed by atoms with Gasteiger partial charge < -0.3 is 9.47 Å². The topological polar surface area (TPSA) is 152 Å². The predicted octanol–water partition coefficient (Wildman–Crippen LogP) is 4.59. The summed E-state index contributed by atoms with van der Waals surface area (Å²) in [5.41, 5.74) is 0.595. The molecule has 0 N–H and O–H groups in total.